The van der Waals surface area contributed by atoms with Crippen molar-refractivity contribution in [2.75, 3.05) is 13.7 Å². The molecule has 1 heterocycles. The second kappa shape index (κ2) is 13.9. The van der Waals surface area contributed by atoms with E-state index in [4.69, 9.17) is 21.1 Å². The summed E-state index contributed by atoms with van der Waals surface area (Å²) in [5.74, 6) is -1.37. The zero-order valence-electron chi connectivity index (χ0n) is 22.3. The van der Waals surface area contributed by atoms with E-state index in [0.717, 1.165) is 11.8 Å². The number of hydrogen-bond donors (Lipinski definition) is 2. The minimum absolute atomic E-state index is 0.0182. The highest BCUT2D eigenvalue weighted by Gasteiger charge is 2.20. The molecule has 2 N–H and O–H groups in total. The molecule has 0 aliphatic heterocycles. The molecule has 40 heavy (non-hydrogen) atoms. The molecule has 0 atom stereocenters. The maximum absolute atomic E-state index is 12.7. The summed E-state index contributed by atoms with van der Waals surface area (Å²) in [6.45, 7) is 4.08. The van der Waals surface area contributed by atoms with Crippen LogP contribution in [0.15, 0.2) is 65.7 Å². The van der Waals surface area contributed by atoms with Crippen LogP contribution in [-0.4, -0.2) is 50.9 Å². The van der Waals surface area contributed by atoms with Gasteiger partial charge in [-0.25, -0.2) is 22.9 Å². The number of nitrogens with one attached hydrogen (secondary N) is 2. The van der Waals surface area contributed by atoms with Gasteiger partial charge >= 0.3 is 5.97 Å². The molecule has 0 saturated carbocycles. The molecule has 212 valence electrons. The number of rotatable bonds is 12. The van der Waals surface area contributed by atoms with E-state index in [2.05, 4.69) is 10.3 Å². The molecule has 2 amide bonds. The van der Waals surface area contributed by atoms with Crippen molar-refractivity contribution < 1.29 is 32.3 Å². The fraction of sp³-hybridized carbons (Fsp3) is 0.286. The molecular formula is C28H30ClN3O7S. The average Bonchev–Trinajstić information content (AvgIpc) is 2.96. The van der Waals surface area contributed by atoms with E-state index in [0.29, 0.717) is 30.0 Å². The Hall–Kier alpha value is -3.96. The van der Waals surface area contributed by atoms with Gasteiger partial charge in [-0.2, -0.15) is 0 Å². The number of sulfonamides is 1. The molecule has 10 nitrogen and oxygen atoms in total. The summed E-state index contributed by atoms with van der Waals surface area (Å²) in [5.41, 5.74) is 1.03. The molecule has 1 aromatic heterocycles. The minimum atomic E-state index is -4.17. The highest BCUT2D eigenvalue weighted by Crippen LogP contribution is 2.22. The fourth-order valence-corrected chi connectivity index (χ4v) is 4.79. The predicted octanol–water partition coefficient (Wildman–Crippen LogP) is 4.18. The third-order valence-electron chi connectivity index (χ3n) is 6.00. The van der Waals surface area contributed by atoms with Crippen molar-refractivity contribution in [2.45, 2.75) is 44.1 Å². The van der Waals surface area contributed by atoms with Crippen LogP contribution in [0, 0.1) is 0 Å². The van der Waals surface area contributed by atoms with Gasteiger partial charge in [-0.1, -0.05) is 37.6 Å². The van der Waals surface area contributed by atoms with Gasteiger partial charge in [-0.3, -0.25) is 9.59 Å². The van der Waals surface area contributed by atoms with Crippen molar-refractivity contribution >= 4 is 39.4 Å². The summed E-state index contributed by atoms with van der Waals surface area (Å²) in [5, 5.41) is 3.06. The lowest BCUT2D eigenvalue weighted by Gasteiger charge is -2.13. The first-order chi connectivity index (χ1) is 19.1. The second-order valence-corrected chi connectivity index (χ2v) is 10.8. The van der Waals surface area contributed by atoms with Crippen LogP contribution >= 0.6 is 11.6 Å². The van der Waals surface area contributed by atoms with Crippen LogP contribution in [-0.2, 0) is 21.2 Å². The maximum atomic E-state index is 12.7. The fourth-order valence-electron chi connectivity index (χ4n) is 3.61. The number of benzene rings is 2. The number of nitrogens with zero attached hydrogens (tertiary/aromatic N) is 1. The lowest BCUT2D eigenvalue weighted by atomic mass is 10.1. The van der Waals surface area contributed by atoms with Gasteiger partial charge in [0.2, 0.25) is 0 Å². The van der Waals surface area contributed by atoms with Crippen LogP contribution in [0.1, 0.15) is 63.5 Å². The lowest BCUT2D eigenvalue weighted by molar-refractivity contribution is 0.0277. The molecule has 2 aromatic carbocycles. The van der Waals surface area contributed by atoms with Crippen molar-refractivity contribution in [2.24, 2.45) is 0 Å². The molecule has 3 rings (SSSR count). The normalized spacial score (nSPS) is 11.1. The monoisotopic (exact) mass is 587 g/mol. The zero-order valence-corrected chi connectivity index (χ0v) is 23.8. The number of amides is 2. The van der Waals surface area contributed by atoms with E-state index in [1.165, 1.54) is 31.4 Å². The standard InChI is InChI=1S/C28H30ClN3O7S/c1-4-20(5-2)39-28(35)25-13-8-19(17-31-25)26(33)32-40(36,37)22-10-6-18(7-11-22)14-15-30-27(34)23-16-21(38-3)9-12-24(23)29/h6-13,16-17,20H,4-5,14-15H2,1-3H3,(H,30,34)(H,32,33). The Morgan fingerprint density at radius 1 is 0.975 bits per heavy atom. The van der Waals surface area contributed by atoms with E-state index in [-0.39, 0.29) is 40.3 Å². The summed E-state index contributed by atoms with van der Waals surface area (Å²) < 4.78 is 37.9. The van der Waals surface area contributed by atoms with Crippen molar-refractivity contribution in [1.82, 2.24) is 15.0 Å². The Bertz CT molecular complexity index is 1460. The summed E-state index contributed by atoms with van der Waals surface area (Å²) in [7, 11) is -2.68. The smallest absolute Gasteiger partial charge is 0.357 e. The van der Waals surface area contributed by atoms with Gasteiger partial charge in [0.15, 0.2) is 0 Å². The van der Waals surface area contributed by atoms with Crippen LogP contribution in [0.4, 0.5) is 0 Å². The first-order valence-electron chi connectivity index (χ1n) is 12.5. The Morgan fingerprint density at radius 2 is 1.68 bits per heavy atom. The third kappa shape index (κ3) is 8.03. The van der Waals surface area contributed by atoms with Gasteiger partial charge in [0, 0.05) is 12.7 Å². The number of halogens is 1. The van der Waals surface area contributed by atoms with Crippen molar-refractivity contribution in [1.29, 1.82) is 0 Å². The lowest BCUT2D eigenvalue weighted by Crippen LogP contribution is -2.30. The largest absolute Gasteiger partial charge is 0.497 e. The van der Waals surface area contributed by atoms with E-state index >= 15 is 0 Å². The molecule has 0 spiro atoms. The van der Waals surface area contributed by atoms with Gasteiger partial charge in [-0.05, 0) is 67.3 Å². The number of carbonyl (C=O) groups excluding carboxylic acids is 3. The van der Waals surface area contributed by atoms with E-state index in [1.807, 2.05) is 18.6 Å². The van der Waals surface area contributed by atoms with Crippen LogP contribution in [0.5, 0.6) is 5.75 Å². The Balaban J connectivity index is 1.56. The van der Waals surface area contributed by atoms with Gasteiger partial charge in [0.25, 0.3) is 21.8 Å². The topological polar surface area (TPSA) is 141 Å². The van der Waals surface area contributed by atoms with E-state index in [1.54, 1.807) is 30.3 Å². The minimum Gasteiger partial charge on any atom is -0.497 e. The number of ether oxygens (including phenoxy) is 2. The number of esters is 1. The molecule has 0 radical (unpaired) electrons. The van der Waals surface area contributed by atoms with Gasteiger partial charge < -0.3 is 14.8 Å². The van der Waals surface area contributed by atoms with Gasteiger partial charge in [0.1, 0.15) is 17.5 Å². The van der Waals surface area contributed by atoms with Crippen molar-refractivity contribution in [3.8, 4) is 5.75 Å². The number of aromatic nitrogens is 1. The quantitative estimate of drug-likeness (QED) is 0.301. The highest BCUT2D eigenvalue weighted by atomic mass is 35.5. The first-order valence-corrected chi connectivity index (χ1v) is 14.4. The van der Waals surface area contributed by atoms with E-state index in [9.17, 15) is 22.8 Å². The first kappa shape index (κ1) is 30.6. The summed E-state index contributed by atoms with van der Waals surface area (Å²) in [4.78, 5) is 41.0. The Kier molecular flexibility index (Phi) is 10.6. The number of pyridine rings is 1. The number of carbonyl (C=O) groups is 3. The molecule has 0 aliphatic rings. The summed E-state index contributed by atoms with van der Waals surface area (Å²) >= 11 is 6.10. The van der Waals surface area contributed by atoms with Gasteiger partial charge in [-0.15, -0.1) is 0 Å². The molecule has 0 unspecified atom stereocenters. The van der Waals surface area contributed by atoms with Crippen molar-refractivity contribution in [3.63, 3.8) is 0 Å². The van der Waals surface area contributed by atoms with Crippen LogP contribution < -0.4 is 14.8 Å². The Labute approximate surface area is 238 Å². The molecule has 0 fully saturated rings. The van der Waals surface area contributed by atoms with Crippen LogP contribution in [0.3, 0.4) is 0 Å². The average molecular weight is 588 g/mol. The SMILES string of the molecule is CCC(CC)OC(=O)c1ccc(C(=O)NS(=O)(=O)c2ccc(CCNC(=O)c3cc(OC)ccc3Cl)cc2)cn1. The number of hydrogen-bond acceptors (Lipinski definition) is 8. The third-order valence-corrected chi connectivity index (χ3v) is 7.67. The molecule has 12 heteroatoms. The number of methoxy groups -OCH3 is 1. The van der Waals surface area contributed by atoms with Gasteiger partial charge in [0.05, 0.1) is 28.2 Å². The Morgan fingerprint density at radius 3 is 2.27 bits per heavy atom. The summed E-state index contributed by atoms with van der Waals surface area (Å²) in [6.07, 6.45) is 2.64. The highest BCUT2D eigenvalue weighted by molar-refractivity contribution is 7.90. The maximum Gasteiger partial charge on any atom is 0.357 e. The summed E-state index contributed by atoms with van der Waals surface area (Å²) in [6, 6.07) is 13.3. The van der Waals surface area contributed by atoms with E-state index < -0.39 is 21.9 Å². The van der Waals surface area contributed by atoms with Crippen LogP contribution in [0.2, 0.25) is 5.02 Å². The molecule has 0 bridgehead atoms. The van der Waals surface area contributed by atoms with Crippen LogP contribution in [0.25, 0.3) is 0 Å². The molecule has 0 saturated heterocycles. The molecule has 0 aliphatic carbocycles. The molecular weight excluding hydrogens is 558 g/mol. The predicted molar refractivity (Wildman–Crippen MR) is 149 cm³/mol. The molecule has 3 aromatic rings. The second-order valence-electron chi connectivity index (χ2n) is 8.71. The van der Waals surface area contributed by atoms with Crippen molar-refractivity contribution in [3.05, 3.63) is 88.2 Å². The zero-order chi connectivity index (χ0) is 29.3.